The van der Waals surface area contributed by atoms with Crippen molar-refractivity contribution >= 4 is 11.6 Å². The van der Waals surface area contributed by atoms with Gasteiger partial charge in [0.1, 0.15) is 11.5 Å². The van der Waals surface area contributed by atoms with Crippen LogP contribution in [0.25, 0.3) is 0 Å². The van der Waals surface area contributed by atoms with Gasteiger partial charge in [-0.15, -0.1) is 0 Å². The second kappa shape index (κ2) is 5.75. The summed E-state index contributed by atoms with van der Waals surface area (Å²) in [6.07, 6.45) is -0.679. The summed E-state index contributed by atoms with van der Waals surface area (Å²) in [4.78, 5) is 0. The SMILES string of the molecule is C[C@H](O)c1ccc(C#N)cc1Oc1cccc(Cl)c1. The average molecular weight is 274 g/mol. The van der Waals surface area contributed by atoms with Crippen LogP contribution in [0.4, 0.5) is 0 Å². The average Bonchev–Trinajstić information content (AvgIpc) is 2.38. The fourth-order valence-corrected chi connectivity index (χ4v) is 1.88. The molecule has 19 heavy (non-hydrogen) atoms. The van der Waals surface area contributed by atoms with E-state index in [9.17, 15) is 5.11 Å². The Morgan fingerprint density at radius 2 is 2.05 bits per heavy atom. The first-order chi connectivity index (χ1) is 9.10. The fraction of sp³-hybridized carbons (Fsp3) is 0.133. The van der Waals surface area contributed by atoms with Gasteiger partial charge in [-0.3, -0.25) is 0 Å². The van der Waals surface area contributed by atoms with Crippen LogP contribution in [0, 0.1) is 11.3 Å². The van der Waals surface area contributed by atoms with Crippen molar-refractivity contribution in [2.45, 2.75) is 13.0 Å². The molecule has 0 bridgehead atoms. The van der Waals surface area contributed by atoms with E-state index in [1.807, 2.05) is 6.07 Å². The number of ether oxygens (including phenoxy) is 1. The molecule has 1 atom stereocenters. The van der Waals surface area contributed by atoms with E-state index in [1.165, 1.54) is 0 Å². The highest BCUT2D eigenvalue weighted by Gasteiger charge is 2.11. The van der Waals surface area contributed by atoms with E-state index in [1.54, 1.807) is 49.4 Å². The molecule has 96 valence electrons. The summed E-state index contributed by atoms with van der Waals surface area (Å²) in [6.45, 7) is 1.65. The van der Waals surface area contributed by atoms with Crippen molar-refractivity contribution in [1.82, 2.24) is 0 Å². The maximum Gasteiger partial charge on any atom is 0.134 e. The van der Waals surface area contributed by atoms with Gasteiger partial charge >= 0.3 is 0 Å². The van der Waals surface area contributed by atoms with Crippen molar-refractivity contribution in [2.24, 2.45) is 0 Å². The fourth-order valence-electron chi connectivity index (χ4n) is 1.69. The van der Waals surface area contributed by atoms with Crippen LogP contribution in [0.15, 0.2) is 42.5 Å². The first kappa shape index (κ1) is 13.4. The Kier molecular flexibility index (Phi) is 4.06. The normalized spacial score (nSPS) is 11.7. The predicted octanol–water partition coefficient (Wildman–Crippen LogP) is 4.06. The van der Waals surface area contributed by atoms with Crippen LogP contribution < -0.4 is 4.74 Å². The van der Waals surface area contributed by atoms with Gasteiger partial charge in [0.2, 0.25) is 0 Å². The molecule has 2 aromatic rings. The molecule has 0 aliphatic carbocycles. The van der Waals surface area contributed by atoms with Crippen molar-refractivity contribution in [3.05, 3.63) is 58.6 Å². The molecule has 2 aromatic carbocycles. The smallest absolute Gasteiger partial charge is 0.134 e. The standard InChI is InChI=1S/C15H12ClNO2/c1-10(18)14-6-5-11(9-17)7-15(14)19-13-4-2-3-12(16)8-13/h2-8,10,18H,1H3/t10-/m0/s1. The van der Waals surface area contributed by atoms with Gasteiger partial charge in [0.25, 0.3) is 0 Å². The molecule has 0 aromatic heterocycles. The van der Waals surface area contributed by atoms with Gasteiger partial charge in [0.05, 0.1) is 17.7 Å². The van der Waals surface area contributed by atoms with E-state index in [2.05, 4.69) is 0 Å². The Morgan fingerprint density at radius 3 is 2.68 bits per heavy atom. The number of hydrogen-bond donors (Lipinski definition) is 1. The van der Waals surface area contributed by atoms with E-state index in [0.29, 0.717) is 27.6 Å². The number of aliphatic hydroxyl groups is 1. The van der Waals surface area contributed by atoms with Gasteiger partial charge in [-0.05, 0) is 37.3 Å². The maximum atomic E-state index is 9.71. The molecule has 0 aliphatic heterocycles. The Bertz CT molecular complexity index is 632. The zero-order valence-electron chi connectivity index (χ0n) is 10.3. The summed E-state index contributed by atoms with van der Waals surface area (Å²) in [6, 6.07) is 13.9. The predicted molar refractivity (Wildman–Crippen MR) is 73.3 cm³/mol. The summed E-state index contributed by atoms with van der Waals surface area (Å²) >= 11 is 5.89. The highest BCUT2D eigenvalue weighted by Crippen LogP contribution is 2.31. The van der Waals surface area contributed by atoms with Gasteiger partial charge in [-0.2, -0.15) is 5.26 Å². The number of nitriles is 1. The van der Waals surface area contributed by atoms with Crippen molar-refractivity contribution in [1.29, 1.82) is 5.26 Å². The van der Waals surface area contributed by atoms with Gasteiger partial charge in [-0.1, -0.05) is 23.7 Å². The third-order valence-electron chi connectivity index (χ3n) is 2.62. The summed E-state index contributed by atoms with van der Waals surface area (Å²) < 4.78 is 5.70. The minimum Gasteiger partial charge on any atom is -0.457 e. The Hall–Kier alpha value is -2.02. The second-order valence-electron chi connectivity index (χ2n) is 4.10. The van der Waals surface area contributed by atoms with Crippen LogP contribution in [0.2, 0.25) is 5.02 Å². The lowest BCUT2D eigenvalue weighted by Crippen LogP contribution is -1.97. The Balaban J connectivity index is 2.40. The summed E-state index contributed by atoms with van der Waals surface area (Å²) in [5.41, 5.74) is 1.10. The number of benzene rings is 2. The quantitative estimate of drug-likeness (QED) is 0.917. The minimum absolute atomic E-state index is 0.455. The molecule has 0 saturated carbocycles. The zero-order chi connectivity index (χ0) is 13.8. The topological polar surface area (TPSA) is 53.2 Å². The van der Waals surface area contributed by atoms with Crippen molar-refractivity contribution in [3.8, 4) is 17.6 Å². The largest absolute Gasteiger partial charge is 0.457 e. The molecule has 0 radical (unpaired) electrons. The van der Waals surface area contributed by atoms with E-state index in [-0.39, 0.29) is 0 Å². The molecular weight excluding hydrogens is 262 g/mol. The van der Waals surface area contributed by atoms with Crippen molar-refractivity contribution in [3.63, 3.8) is 0 Å². The summed E-state index contributed by atoms with van der Waals surface area (Å²) in [5.74, 6) is 1.01. The third kappa shape index (κ3) is 3.25. The number of hydrogen-bond acceptors (Lipinski definition) is 3. The molecule has 0 fully saturated rings. The second-order valence-corrected chi connectivity index (χ2v) is 4.54. The van der Waals surface area contributed by atoms with Gasteiger partial charge in [-0.25, -0.2) is 0 Å². The third-order valence-corrected chi connectivity index (χ3v) is 2.85. The van der Waals surface area contributed by atoms with E-state index < -0.39 is 6.10 Å². The summed E-state index contributed by atoms with van der Waals surface area (Å²) in [5, 5.41) is 19.2. The highest BCUT2D eigenvalue weighted by molar-refractivity contribution is 6.30. The molecular formula is C15H12ClNO2. The van der Waals surface area contributed by atoms with Gasteiger partial charge in [0.15, 0.2) is 0 Å². The molecule has 2 rings (SSSR count). The van der Waals surface area contributed by atoms with Gasteiger partial charge in [0, 0.05) is 10.6 Å². The number of aliphatic hydroxyl groups excluding tert-OH is 1. The van der Waals surface area contributed by atoms with Gasteiger partial charge < -0.3 is 9.84 Å². The van der Waals surface area contributed by atoms with E-state index >= 15 is 0 Å². The van der Waals surface area contributed by atoms with Crippen molar-refractivity contribution < 1.29 is 9.84 Å². The molecule has 0 saturated heterocycles. The first-order valence-electron chi connectivity index (χ1n) is 5.75. The molecule has 0 aliphatic rings. The van der Waals surface area contributed by atoms with Crippen molar-refractivity contribution in [2.75, 3.05) is 0 Å². The lowest BCUT2D eigenvalue weighted by atomic mass is 10.1. The minimum atomic E-state index is -0.679. The van der Waals surface area contributed by atoms with Crippen LogP contribution in [0.5, 0.6) is 11.5 Å². The van der Waals surface area contributed by atoms with Crippen LogP contribution in [0.1, 0.15) is 24.2 Å². The lowest BCUT2D eigenvalue weighted by molar-refractivity contribution is 0.195. The molecule has 3 nitrogen and oxygen atoms in total. The van der Waals surface area contributed by atoms with Crippen LogP contribution in [0.3, 0.4) is 0 Å². The van der Waals surface area contributed by atoms with Crippen LogP contribution in [-0.2, 0) is 0 Å². The molecule has 0 amide bonds. The molecule has 0 heterocycles. The first-order valence-corrected chi connectivity index (χ1v) is 6.13. The monoisotopic (exact) mass is 273 g/mol. The Labute approximate surface area is 116 Å². The van der Waals surface area contributed by atoms with E-state index in [4.69, 9.17) is 21.6 Å². The number of rotatable bonds is 3. The Morgan fingerprint density at radius 1 is 1.26 bits per heavy atom. The number of halogens is 1. The van der Waals surface area contributed by atoms with E-state index in [0.717, 1.165) is 0 Å². The zero-order valence-corrected chi connectivity index (χ0v) is 11.1. The molecule has 4 heteroatoms. The molecule has 0 spiro atoms. The van der Waals surface area contributed by atoms with Crippen LogP contribution in [-0.4, -0.2) is 5.11 Å². The number of nitrogens with zero attached hydrogens (tertiary/aromatic N) is 1. The lowest BCUT2D eigenvalue weighted by Gasteiger charge is -2.13. The molecule has 1 N–H and O–H groups in total. The highest BCUT2D eigenvalue weighted by atomic mass is 35.5. The molecule has 0 unspecified atom stereocenters. The maximum absolute atomic E-state index is 9.71. The summed E-state index contributed by atoms with van der Waals surface area (Å²) in [7, 11) is 0. The van der Waals surface area contributed by atoms with Crippen LogP contribution >= 0.6 is 11.6 Å².